The number of primary amides is 1. The van der Waals surface area contributed by atoms with E-state index in [-0.39, 0.29) is 244 Å². The predicted molar refractivity (Wildman–Crippen MR) is 445 cm³/mol. The molecule has 42 heteroatoms. The monoisotopic (exact) mass is 1760 g/mol. The molecule has 0 aromatic heterocycles. The van der Waals surface area contributed by atoms with Crippen molar-refractivity contribution in [3.8, 4) is 0 Å². The Morgan fingerprint density at radius 2 is 0.389 bits per heavy atom. The fourth-order valence-electron chi connectivity index (χ4n) is 13.9. The Labute approximate surface area is 728 Å². The number of carbonyl (C=O) groups is 24. The molecule has 0 spiro atoms. The van der Waals surface area contributed by atoms with E-state index in [0.29, 0.717) is 51.4 Å². The smallest absolute Gasteiger partial charge is 0.253 e. The summed E-state index contributed by atoms with van der Waals surface area (Å²) in [6.45, 7) is 0.675. The number of hydrogen-bond donors (Lipinski definition) is 12. The molecule has 0 radical (unpaired) electrons. The van der Waals surface area contributed by atoms with Crippen LogP contribution in [0.1, 0.15) is 199 Å². The van der Waals surface area contributed by atoms with Crippen molar-refractivity contribution >= 4 is 142 Å². The normalized spacial score (nSPS) is 15.7. The average molecular weight is 1760 g/mol. The van der Waals surface area contributed by atoms with Gasteiger partial charge in [-0.2, -0.15) is 0 Å². The highest BCUT2D eigenvalue weighted by molar-refractivity contribution is 6.16. The fourth-order valence-corrected chi connectivity index (χ4v) is 13.9. The lowest BCUT2D eigenvalue weighted by Crippen LogP contribution is -2.54. The first kappa shape index (κ1) is 102. The van der Waals surface area contributed by atoms with Crippen LogP contribution in [0.25, 0.3) is 0 Å². The zero-order valence-corrected chi connectivity index (χ0v) is 70.8. The van der Waals surface area contributed by atoms with E-state index in [1.807, 2.05) is 0 Å². The van der Waals surface area contributed by atoms with E-state index in [0.717, 1.165) is 102 Å². The van der Waals surface area contributed by atoms with Gasteiger partial charge in [0.2, 0.25) is 70.9 Å². The highest BCUT2D eigenvalue weighted by Crippen LogP contribution is 2.16. The van der Waals surface area contributed by atoms with Crippen molar-refractivity contribution in [1.29, 1.82) is 0 Å². The Kier molecular flexibility index (Phi) is 44.6. The Hall–Kier alpha value is -13.1. The van der Waals surface area contributed by atoms with Crippen LogP contribution in [-0.4, -0.2) is 280 Å². The second kappa shape index (κ2) is 55.2. The number of unbranched alkanes of at least 4 members (excludes halogenated alkanes) is 7. The molecular formula is C84H116N18O24. The molecule has 6 aliphatic heterocycles. The van der Waals surface area contributed by atoms with Gasteiger partial charge < -0.3 is 64.2 Å². The molecule has 0 saturated heterocycles. The van der Waals surface area contributed by atoms with Crippen LogP contribution in [-0.2, 0) is 115 Å². The SMILES string of the molecule is NC(=O)[C@H](CCCCNC(=O)[C@@H](CCCCNC(=O)[C@H](CCCCNC(=O)CCCN1C(=O)C=CC1=O)NC(=O)CCCN1C(=O)C=CC1=O)NC(=O)[C@H](CCCCNC(=O)CCCN1C(=O)C=CC1=O)NC(=O)CCCN1C(=O)C=CC1=O)NC(=O)CCCCCNC(=O)[C@H](CCCCNC(=O)CCCN1C(=O)C=CC1=O)NC(=O)CCCN1C(=O)C=CC1=O. The van der Waals surface area contributed by atoms with Crippen molar-refractivity contribution in [2.45, 2.75) is 229 Å². The summed E-state index contributed by atoms with van der Waals surface area (Å²) in [7, 11) is 0. The third-order valence-electron chi connectivity index (χ3n) is 20.9. The topological polar surface area (TPSA) is 587 Å². The van der Waals surface area contributed by atoms with Crippen LogP contribution < -0.4 is 64.2 Å². The number of nitrogens with two attached hydrogens (primary N) is 1. The fraction of sp³-hybridized carbons (Fsp3) is 0.571. The van der Waals surface area contributed by atoms with E-state index in [1.165, 1.54) is 0 Å². The number of imide groups is 6. The third kappa shape index (κ3) is 37.2. The van der Waals surface area contributed by atoms with Gasteiger partial charge in [0, 0.05) is 196 Å². The van der Waals surface area contributed by atoms with Crippen LogP contribution in [0, 0.1) is 0 Å². The van der Waals surface area contributed by atoms with Gasteiger partial charge in [-0.25, -0.2) is 0 Å². The molecule has 13 N–H and O–H groups in total. The minimum Gasteiger partial charge on any atom is -0.368 e. The second-order valence-corrected chi connectivity index (χ2v) is 30.7. The van der Waals surface area contributed by atoms with Gasteiger partial charge in [0.15, 0.2) is 0 Å². The van der Waals surface area contributed by atoms with E-state index in [4.69, 9.17) is 5.73 Å². The summed E-state index contributed by atoms with van der Waals surface area (Å²) in [6.07, 6.45) is 18.3. The van der Waals surface area contributed by atoms with E-state index in [9.17, 15) is 115 Å². The lowest BCUT2D eigenvalue weighted by atomic mass is 10.0. The predicted octanol–water partition coefficient (Wildman–Crippen LogP) is -2.76. The van der Waals surface area contributed by atoms with Gasteiger partial charge in [0.05, 0.1) is 0 Å². The number of hydrogen-bond acceptors (Lipinski definition) is 24. The lowest BCUT2D eigenvalue weighted by Gasteiger charge is -2.24. The molecule has 0 bridgehead atoms. The van der Waals surface area contributed by atoms with Crippen LogP contribution in [0.3, 0.4) is 0 Å². The summed E-state index contributed by atoms with van der Waals surface area (Å²) in [5.74, 6) is -12.6. The molecule has 0 unspecified atom stereocenters. The maximum absolute atomic E-state index is 14.5. The Bertz CT molecular complexity index is 4120. The van der Waals surface area contributed by atoms with Gasteiger partial charge in [0.25, 0.3) is 70.9 Å². The molecule has 6 heterocycles. The van der Waals surface area contributed by atoms with E-state index in [2.05, 4.69) is 58.5 Å². The number of nitrogens with zero attached hydrogens (tertiary/aromatic N) is 6. The molecule has 0 saturated carbocycles. The second-order valence-electron chi connectivity index (χ2n) is 30.7. The highest BCUT2D eigenvalue weighted by Gasteiger charge is 2.33. The molecule has 42 nitrogen and oxygen atoms in total. The van der Waals surface area contributed by atoms with Crippen LogP contribution in [0.4, 0.5) is 0 Å². The molecule has 0 aromatic rings. The number of rotatable bonds is 65. The van der Waals surface area contributed by atoms with Crippen molar-refractivity contribution in [3.05, 3.63) is 72.9 Å². The standard InChI is InChI=1S/C84H116N18O24/c85-80(122)56(92-64(106)25-2-1-8-47-89-81(123)57(93-65(107)29-17-53-100-74(116)38-39-75(100)117)21-4-9-44-86-61(103)26-14-50-97-68(110)32-33-69(97)111)20-3-12-48-91-83(125)59(96-84(126)60(95-67(109)31-19-55-102-78(120)42-43-79(102)121)24-6-11-46-88-63(105)28-16-52-99-72(114)36-37-73(99)115)23-7-13-49-90-82(124)58(94-66(108)30-18-54-101-76(118)40-41-77(101)119)22-5-10-45-87-62(104)27-15-51-98-70(112)34-35-71(98)113/h32-43,56-60H,1-31,44-55H2,(H2,85,122)(H,86,103)(H,87,104)(H,88,105)(H,89,123)(H,90,124)(H,91,125)(H,92,106)(H,93,107)(H,94,108)(H,95,109)(H,96,126)/t56-,57-,58-,59+,60-/m0/s1. The molecule has 5 atom stereocenters. The average Bonchev–Trinajstić information content (AvgIpc) is 1.86. The minimum absolute atomic E-state index is 0.00977. The molecular weight excluding hydrogens is 1650 g/mol. The molecule has 0 aromatic carbocycles. The molecule has 6 rings (SSSR count). The molecule has 0 fully saturated rings. The van der Waals surface area contributed by atoms with Crippen LogP contribution in [0.2, 0.25) is 0 Å². The Morgan fingerprint density at radius 1 is 0.206 bits per heavy atom. The van der Waals surface area contributed by atoms with Gasteiger partial charge in [-0.3, -0.25) is 144 Å². The maximum atomic E-state index is 14.5. The summed E-state index contributed by atoms with van der Waals surface area (Å²) >= 11 is 0. The van der Waals surface area contributed by atoms with Crippen molar-refractivity contribution in [3.63, 3.8) is 0 Å². The highest BCUT2D eigenvalue weighted by atomic mass is 16.2. The maximum Gasteiger partial charge on any atom is 0.253 e. The van der Waals surface area contributed by atoms with Crippen LogP contribution in [0.5, 0.6) is 0 Å². The Morgan fingerprint density at radius 3 is 0.627 bits per heavy atom. The van der Waals surface area contributed by atoms with Crippen LogP contribution in [0.15, 0.2) is 72.9 Å². The zero-order chi connectivity index (χ0) is 91.9. The number of amides is 24. The largest absolute Gasteiger partial charge is 0.368 e. The number of nitrogens with one attached hydrogen (secondary N) is 11. The summed E-state index contributed by atoms with van der Waals surface area (Å²) in [4.78, 5) is 310. The van der Waals surface area contributed by atoms with E-state index in [1.54, 1.807) is 0 Å². The molecule has 6 aliphatic rings. The summed E-state index contributed by atoms with van der Waals surface area (Å²) < 4.78 is 0. The molecule has 24 amide bonds. The molecule has 126 heavy (non-hydrogen) atoms. The van der Waals surface area contributed by atoms with Crippen molar-refractivity contribution in [2.24, 2.45) is 5.73 Å². The summed E-state index contributed by atoms with van der Waals surface area (Å²) in [5.41, 5.74) is 5.73. The van der Waals surface area contributed by atoms with Crippen LogP contribution >= 0.6 is 0 Å². The third-order valence-corrected chi connectivity index (χ3v) is 20.9. The quantitative estimate of drug-likeness (QED) is 0.0217. The number of carbonyl (C=O) groups excluding carboxylic acids is 24. The van der Waals surface area contributed by atoms with E-state index < -0.39 is 154 Å². The zero-order valence-electron chi connectivity index (χ0n) is 70.8. The van der Waals surface area contributed by atoms with Gasteiger partial charge >= 0.3 is 0 Å². The van der Waals surface area contributed by atoms with Crippen molar-refractivity contribution in [1.82, 2.24) is 87.9 Å². The van der Waals surface area contributed by atoms with Crippen molar-refractivity contribution in [2.75, 3.05) is 78.5 Å². The van der Waals surface area contributed by atoms with Crippen molar-refractivity contribution < 1.29 is 115 Å². The summed E-state index contributed by atoms with van der Waals surface area (Å²) in [5, 5.41) is 30.2. The summed E-state index contributed by atoms with van der Waals surface area (Å²) in [6, 6.07) is -5.80. The van der Waals surface area contributed by atoms with E-state index >= 15 is 0 Å². The van der Waals surface area contributed by atoms with Gasteiger partial charge in [-0.05, 0) is 148 Å². The minimum atomic E-state index is -1.29. The Balaban J connectivity index is 1.01. The molecule has 0 aliphatic carbocycles. The van der Waals surface area contributed by atoms with Gasteiger partial charge in [0.1, 0.15) is 30.2 Å². The first-order chi connectivity index (χ1) is 60.4. The first-order valence-corrected chi connectivity index (χ1v) is 43.0. The van der Waals surface area contributed by atoms with Gasteiger partial charge in [-0.15, -0.1) is 0 Å². The molecule has 686 valence electrons. The van der Waals surface area contributed by atoms with Gasteiger partial charge in [-0.1, -0.05) is 6.42 Å². The first-order valence-electron chi connectivity index (χ1n) is 43.0. The lowest BCUT2D eigenvalue weighted by molar-refractivity contribution is -0.138.